The molecular weight excluding hydrogens is 364 g/mol. The summed E-state index contributed by atoms with van der Waals surface area (Å²) in [6.07, 6.45) is 11.4. The van der Waals surface area contributed by atoms with E-state index in [1.165, 1.54) is 44.9 Å². The number of aliphatic hydroxyl groups is 3. The van der Waals surface area contributed by atoms with E-state index in [0.717, 1.165) is 12.8 Å². The fraction of sp³-hybridized carbons (Fsp3) is 0.900. The van der Waals surface area contributed by atoms with Crippen molar-refractivity contribution >= 4 is 11.9 Å². The molecule has 1 amide bonds. The van der Waals surface area contributed by atoms with Gasteiger partial charge in [-0.15, -0.1) is 0 Å². The monoisotopic (exact) mass is 406 g/mol. The summed E-state index contributed by atoms with van der Waals surface area (Å²) in [7, 11) is 0. The zero-order chi connectivity index (χ0) is 21.5. The maximum atomic E-state index is 11.2. The Labute approximate surface area is 169 Å². The van der Waals surface area contributed by atoms with Crippen LogP contribution in [-0.2, 0) is 9.59 Å². The van der Waals surface area contributed by atoms with E-state index in [1.807, 2.05) is 0 Å². The van der Waals surface area contributed by atoms with Crippen LogP contribution in [0, 0.1) is 0 Å². The average Bonchev–Trinajstić information content (AvgIpc) is 2.66. The van der Waals surface area contributed by atoms with Crippen LogP contribution in [0.4, 0.5) is 0 Å². The predicted molar refractivity (Wildman–Crippen MR) is 110 cm³/mol. The minimum atomic E-state index is -0.990. The largest absolute Gasteiger partial charge is 0.480 e. The molecule has 28 heavy (non-hydrogen) atoms. The van der Waals surface area contributed by atoms with Crippen LogP contribution in [0.2, 0.25) is 0 Å². The molecule has 0 saturated heterocycles. The van der Waals surface area contributed by atoms with Crippen LogP contribution >= 0.6 is 0 Å². The van der Waals surface area contributed by atoms with Gasteiger partial charge < -0.3 is 25.7 Å². The molecule has 168 valence electrons. The van der Waals surface area contributed by atoms with Gasteiger partial charge in [0.15, 0.2) is 0 Å². The van der Waals surface area contributed by atoms with Gasteiger partial charge in [-0.05, 0) is 6.42 Å². The molecule has 0 aliphatic heterocycles. The van der Waals surface area contributed by atoms with E-state index in [4.69, 9.17) is 20.4 Å². The highest BCUT2D eigenvalue weighted by Gasteiger charge is 2.03. The maximum absolute atomic E-state index is 11.2. The third-order valence-corrected chi connectivity index (χ3v) is 4.19. The van der Waals surface area contributed by atoms with Gasteiger partial charge in [0.1, 0.15) is 6.54 Å². The number of carboxylic acid groups (broad SMARTS) is 1. The summed E-state index contributed by atoms with van der Waals surface area (Å²) < 4.78 is 0. The Balaban J connectivity index is 0. The predicted octanol–water partition coefficient (Wildman–Crippen LogP) is 1.37. The van der Waals surface area contributed by atoms with Crippen molar-refractivity contribution in [3.63, 3.8) is 0 Å². The first-order chi connectivity index (χ1) is 13.5. The summed E-state index contributed by atoms with van der Waals surface area (Å²) in [6, 6.07) is 0. The second kappa shape index (κ2) is 23.8. The molecule has 0 heterocycles. The molecule has 0 bridgehead atoms. The van der Waals surface area contributed by atoms with Gasteiger partial charge in [-0.1, -0.05) is 58.3 Å². The highest BCUT2D eigenvalue weighted by atomic mass is 16.4. The van der Waals surface area contributed by atoms with Crippen LogP contribution in [0.25, 0.3) is 0 Å². The van der Waals surface area contributed by atoms with Crippen molar-refractivity contribution in [1.82, 2.24) is 10.2 Å². The number of rotatable bonds is 18. The highest BCUT2D eigenvalue weighted by molar-refractivity contribution is 5.80. The van der Waals surface area contributed by atoms with Crippen molar-refractivity contribution in [3.05, 3.63) is 0 Å². The molecule has 0 fully saturated rings. The van der Waals surface area contributed by atoms with Gasteiger partial charge in [0.25, 0.3) is 0 Å². The number of nitrogens with one attached hydrogen (secondary N) is 1. The lowest BCUT2D eigenvalue weighted by atomic mass is 10.1. The smallest absolute Gasteiger partial charge is 0.322 e. The molecule has 0 rings (SSSR count). The number of carboxylic acids is 1. The third kappa shape index (κ3) is 24.8. The maximum Gasteiger partial charge on any atom is 0.322 e. The molecule has 8 heteroatoms. The standard InChI is InChI=1S/C14H27NO3.C6H15NO3/c1-2-3-4-5-6-7-8-9-10-11-13(16)15-12-14(17)18;8-4-1-7(2-5-9)3-6-10/h2-12H2,1H3,(H,15,16)(H,17,18);8-10H,1-6H2. The molecule has 0 unspecified atom stereocenters. The Bertz CT molecular complexity index is 341. The Morgan fingerprint density at radius 1 is 0.750 bits per heavy atom. The van der Waals surface area contributed by atoms with Crippen molar-refractivity contribution in [2.45, 2.75) is 71.1 Å². The van der Waals surface area contributed by atoms with Gasteiger partial charge in [0.05, 0.1) is 19.8 Å². The molecule has 0 aromatic heterocycles. The van der Waals surface area contributed by atoms with E-state index in [2.05, 4.69) is 12.2 Å². The average molecular weight is 407 g/mol. The van der Waals surface area contributed by atoms with Gasteiger partial charge in [0, 0.05) is 26.1 Å². The van der Waals surface area contributed by atoms with Crippen molar-refractivity contribution in [2.24, 2.45) is 0 Å². The lowest BCUT2D eigenvalue weighted by molar-refractivity contribution is -0.137. The van der Waals surface area contributed by atoms with Crippen molar-refractivity contribution in [3.8, 4) is 0 Å². The van der Waals surface area contributed by atoms with Crippen molar-refractivity contribution in [1.29, 1.82) is 0 Å². The first kappa shape index (κ1) is 29.0. The summed E-state index contributed by atoms with van der Waals surface area (Å²) in [5, 5.41) is 36.2. The lowest BCUT2D eigenvalue weighted by Gasteiger charge is -2.17. The lowest BCUT2D eigenvalue weighted by Crippen LogP contribution is -2.32. The molecule has 0 aliphatic carbocycles. The molecule has 0 aromatic rings. The van der Waals surface area contributed by atoms with Gasteiger partial charge in [-0.25, -0.2) is 0 Å². The minimum absolute atomic E-state index is 0.0694. The number of carbonyl (C=O) groups excluding carboxylic acids is 1. The van der Waals surface area contributed by atoms with Crippen molar-refractivity contribution < 1.29 is 30.0 Å². The van der Waals surface area contributed by atoms with Gasteiger partial charge in [-0.2, -0.15) is 0 Å². The second-order valence-electron chi connectivity index (χ2n) is 6.76. The molecule has 5 N–H and O–H groups in total. The quantitative estimate of drug-likeness (QED) is 0.217. The van der Waals surface area contributed by atoms with Gasteiger partial charge >= 0.3 is 5.97 Å². The van der Waals surface area contributed by atoms with Gasteiger partial charge in [-0.3, -0.25) is 14.5 Å². The Morgan fingerprint density at radius 3 is 1.57 bits per heavy atom. The number of unbranched alkanes of at least 4 members (excludes halogenated alkanes) is 8. The fourth-order valence-electron chi connectivity index (χ4n) is 2.62. The molecule has 0 atom stereocenters. The zero-order valence-electron chi connectivity index (χ0n) is 17.6. The number of aliphatic hydroxyl groups excluding tert-OH is 3. The van der Waals surface area contributed by atoms with Crippen LogP contribution in [0.5, 0.6) is 0 Å². The number of hydrogen-bond donors (Lipinski definition) is 5. The number of nitrogens with zero attached hydrogens (tertiary/aromatic N) is 1. The molecule has 0 spiro atoms. The summed E-state index contributed by atoms with van der Waals surface area (Å²) >= 11 is 0. The van der Waals surface area contributed by atoms with E-state index in [9.17, 15) is 9.59 Å². The molecule has 0 saturated carbocycles. The first-order valence-corrected chi connectivity index (χ1v) is 10.5. The van der Waals surface area contributed by atoms with Crippen LogP contribution in [0.1, 0.15) is 71.1 Å². The summed E-state index contributed by atoms with van der Waals surface area (Å²) in [5.41, 5.74) is 0. The highest BCUT2D eigenvalue weighted by Crippen LogP contribution is 2.10. The van der Waals surface area contributed by atoms with Gasteiger partial charge in [0.2, 0.25) is 5.91 Å². The number of amides is 1. The molecular formula is C20H42N2O6. The third-order valence-electron chi connectivity index (χ3n) is 4.19. The Morgan fingerprint density at radius 2 is 1.18 bits per heavy atom. The number of aliphatic carboxylic acids is 1. The number of hydrogen-bond acceptors (Lipinski definition) is 6. The van der Waals surface area contributed by atoms with Crippen molar-refractivity contribution in [2.75, 3.05) is 46.0 Å². The normalized spacial score (nSPS) is 10.5. The van der Waals surface area contributed by atoms with E-state index < -0.39 is 5.97 Å². The zero-order valence-corrected chi connectivity index (χ0v) is 17.6. The molecule has 0 aromatic carbocycles. The van der Waals surface area contributed by atoms with Crippen LogP contribution in [-0.4, -0.2) is 83.2 Å². The number of carbonyl (C=O) groups is 2. The summed E-state index contributed by atoms with van der Waals surface area (Å²) in [6.45, 7) is 3.70. The second-order valence-corrected chi connectivity index (χ2v) is 6.76. The van der Waals surface area contributed by atoms with Crippen LogP contribution in [0.15, 0.2) is 0 Å². The van der Waals surface area contributed by atoms with Crippen LogP contribution in [0.3, 0.4) is 0 Å². The molecule has 8 nitrogen and oxygen atoms in total. The molecule has 0 radical (unpaired) electrons. The van der Waals surface area contributed by atoms with E-state index >= 15 is 0 Å². The summed E-state index contributed by atoms with van der Waals surface area (Å²) in [4.78, 5) is 23.2. The minimum Gasteiger partial charge on any atom is -0.480 e. The van der Waals surface area contributed by atoms with Crippen LogP contribution < -0.4 is 5.32 Å². The Kier molecular flexibility index (Phi) is 24.7. The SMILES string of the molecule is CCCCCCCCCCCC(=O)NCC(=O)O.OCCN(CCO)CCO. The summed E-state index contributed by atoms with van der Waals surface area (Å²) in [5.74, 6) is -1.14. The first-order valence-electron chi connectivity index (χ1n) is 10.5. The fourth-order valence-corrected chi connectivity index (χ4v) is 2.62. The Hall–Kier alpha value is -1.22. The van der Waals surface area contributed by atoms with E-state index in [0.29, 0.717) is 26.1 Å². The van der Waals surface area contributed by atoms with E-state index in [1.54, 1.807) is 4.90 Å². The topological polar surface area (TPSA) is 130 Å². The van der Waals surface area contributed by atoms with E-state index in [-0.39, 0.29) is 32.3 Å². The molecule has 0 aliphatic rings.